The Bertz CT molecular complexity index is 564. The third-order valence-electron chi connectivity index (χ3n) is 3.18. The Morgan fingerprint density at radius 3 is 2.42 bits per heavy atom. The molecule has 0 atom stereocenters. The number of hydrogen-bond donors (Lipinski definition) is 2. The zero-order chi connectivity index (χ0) is 13.7. The normalized spacial score (nSPS) is 10.3. The molecule has 0 saturated carbocycles. The van der Waals surface area contributed by atoms with Gasteiger partial charge in [-0.3, -0.25) is 0 Å². The third-order valence-corrected chi connectivity index (χ3v) is 3.18. The molecule has 0 aliphatic rings. The number of nitrogen functional groups attached to an aromatic ring is 1. The van der Waals surface area contributed by atoms with Crippen LogP contribution in [0, 0.1) is 0 Å². The topological polar surface area (TPSA) is 63.3 Å². The molecule has 0 saturated heterocycles. The Hall–Kier alpha value is -2.29. The smallest absolute Gasteiger partial charge is 0.337 e. The number of carboxylic acid groups (broad SMARTS) is 1. The van der Waals surface area contributed by atoms with Gasteiger partial charge >= 0.3 is 5.97 Å². The molecule has 3 nitrogen and oxygen atoms in total. The fourth-order valence-corrected chi connectivity index (χ4v) is 2.15. The second-order valence-electron chi connectivity index (χ2n) is 4.52. The molecule has 98 valence electrons. The van der Waals surface area contributed by atoms with Crippen molar-refractivity contribution in [2.75, 3.05) is 5.73 Å². The van der Waals surface area contributed by atoms with Gasteiger partial charge in [-0.25, -0.2) is 4.79 Å². The minimum absolute atomic E-state index is 0.192. The van der Waals surface area contributed by atoms with E-state index in [1.165, 1.54) is 5.56 Å². The van der Waals surface area contributed by atoms with Crippen LogP contribution in [0.15, 0.2) is 48.5 Å². The lowest BCUT2D eigenvalue weighted by atomic mass is 10.0. The first-order chi connectivity index (χ1) is 9.18. The maximum Gasteiger partial charge on any atom is 0.337 e. The van der Waals surface area contributed by atoms with Gasteiger partial charge < -0.3 is 10.8 Å². The number of aryl methyl sites for hydroxylation is 2. The van der Waals surface area contributed by atoms with Gasteiger partial charge in [-0.15, -0.1) is 0 Å². The fraction of sp³-hybridized carbons (Fsp3) is 0.188. The van der Waals surface area contributed by atoms with Gasteiger partial charge in [-0.1, -0.05) is 42.5 Å². The third kappa shape index (κ3) is 3.35. The van der Waals surface area contributed by atoms with Gasteiger partial charge in [0.15, 0.2) is 0 Å². The number of hydrogen-bond acceptors (Lipinski definition) is 2. The van der Waals surface area contributed by atoms with E-state index in [4.69, 9.17) is 10.8 Å². The van der Waals surface area contributed by atoms with Crippen molar-refractivity contribution >= 4 is 11.7 Å². The first-order valence-electron chi connectivity index (χ1n) is 6.33. The van der Waals surface area contributed by atoms with E-state index in [2.05, 4.69) is 12.1 Å². The largest absolute Gasteiger partial charge is 0.478 e. The summed E-state index contributed by atoms with van der Waals surface area (Å²) in [4.78, 5) is 11.0. The second-order valence-corrected chi connectivity index (χ2v) is 4.52. The minimum Gasteiger partial charge on any atom is -0.478 e. The zero-order valence-corrected chi connectivity index (χ0v) is 10.7. The summed E-state index contributed by atoms with van der Waals surface area (Å²) in [7, 11) is 0. The number of aromatic carboxylic acids is 1. The summed E-state index contributed by atoms with van der Waals surface area (Å²) in [6.07, 6.45) is 2.72. The number of carbonyl (C=O) groups is 1. The van der Waals surface area contributed by atoms with Crippen molar-refractivity contribution in [1.82, 2.24) is 0 Å². The molecular weight excluding hydrogens is 238 g/mol. The van der Waals surface area contributed by atoms with Crippen molar-refractivity contribution in [2.24, 2.45) is 0 Å². The van der Waals surface area contributed by atoms with E-state index >= 15 is 0 Å². The van der Waals surface area contributed by atoms with Crippen LogP contribution in [-0.2, 0) is 12.8 Å². The van der Waals surface area contributed by atoms with E-state index in [9.17, 15) is 4.79 Å². The van der Waals surface area contributed by atoms with Crippen molar-refractivity contribution in [3.05, 3.63) is 65.2 Å². The summed E-state index contributed by atoms with van der Waals surface area (Å²) in [5.74, 6) is -0.970. The van der Waals surface area contributed by atoms with E-state index in [1.54, 1.807) is 12.1 Å². The van der Waals surface area contributed by atoms with Crippen LogP contribution >= 0.6 is 0 Å². The molecule has 2 aromatic rings. The quantitative estimate of drug-likeness (QED) is 0.807. The Morgan fingerprint density at radius 2 is 1.74 bits per heavy atom. The Morgan fingerprint density at radius 1 is 1.00 bits per heavy atom. The molecule has 2 aromatic carbocycles. The monoisotopic (exact) mass is 255 g/mol. The van der Waals surface area contributed by atoms with Gasteiger partial charge in [0.25, 0.3) is 0 Å². The molecule has 0 fully saturated rings. The molecule has 0 bridgehead atoms. The van der Waals surface area contributed by atoms with E-state index in [-0.39, 0.29) is 5.56 Å². The molecule has 19 heavy (non-hydrogen) atoms. The lowest BCUT2D eigenvalue weighted by molar-refractivity contribution is 0.0698. The number of nitrogens with two attached hydrogens (primary N) is 1. The first-order valence-corrected chi connectivity index (χ1v) is 6.33. The van der Waals surface area contributed by atoms with Crippen LogP contribution in [-0.4, -0.2) is 11.1 Å². The molecule has 0 heterocycles. The average Bonchev–Trinajstić information content (AvgIpc) is 2.41. The van der Waals surface area contributed by atoms with Crippen molar-refractivity contribution < 1.29 is 9.90 Å². The summed E-state index contributed by atoms with van der Waals surface area (Å²) in [5.41, 5.74) is 8.67. The van der Waals surface area contributed by atoms with Crippen LogP contribution in [0.3, 0.4) is 0 Å². The van der Waals surface area contributed by atoms with Crippen molar-refractivity contribution in [1.29, 1.82) is 0 Å². The summed E-state index contributed by atoms with van der Waals surface area (Å²) in [5, 5.41) is 9.01. The van der Waals surface area contributed by atoms with Gasteiger partial charge in [0.1, 0.15) is 0 Å². The van der Waals surface area contributed by atoms with Crippen molar-refractivity contribution in [2.45, 2.75) is 19.3 Å². The van der Waals surface area contributed by atoms with Crippen LogP contribution in [0.1, 0.15) is 27.9 Å². The molecule has 0 amide bonds. The van der Waals surface area contributed by atoms with Crippen LogP contribution < -0.4 is 5.73 Å². The number of anilines is 1. The standard InChI is InChI=1S/C16H17NO2/c17-15-13(10-5-11-14(15)16(18)19)9-4-8-12-6-2-1-3-7-12/h1-3,5-7,10-11H,4,8-9,17H2,(H,18,19). The fourth-order valence-electron chi connectivity index (χ4n) is 2.15. The van der Waals surface area contributed by atoms with E-state index in [0.29, 0.717) is 5.69 Å². The van der Waals surface area contributed by atoms with Gasteiger partial charge in [-0.05, 0) is 36.5 Å². The molecule has 2 rings (SSSR count). The summed E-state index contributed by atoms with van der Waals surface area (Å²) in [6.45, 7) is 0. The maximum atomic E-state index is 11.0. The lowest BCUT2D eigenvalue weighted by Crippen LogP contribution is -2.05. The first kappa shape index (κ1) is 13.1. The van der Waals surface area contributed by atoms with E-state index < -0.39 is 5.97 Å². The second kappa shape index (κ2) is 6.05. The number of rotatable bonds is 5. The molecule has 0 radical (unpaired) electrons. The predicted octanol–water partition coefficient (Wildman–Crippen LogP) is 3.14. The average molecular weight is 255 g/mol. The van der Waals surface area contributed by atoms with Crippen LogP contribution in [0.25, 0.3) is 0 Å². The van der Waals surface area contributed by atoms with Crippen molar-refractivity contribution in [3.8, 4) is 0 Å². The minimum atomic E-state index is -0.970. The van der Waals surface area contributed by atoms with Gasteiger partial charge in [0.05, 0.1) is 5.56 Å². The van der Waals surface area contributed by atoms with E-state index in [1.807, 2.05) is 24.3 Å². The van der Waals surface area contributed by atoms with Crippen molar-refractivity contribution in [3.63, 3.8) is 0 Å². The molecule has 0 aromatic heterocycles. The molecular formula is C16H17NO2. The Balaban J connectivity index is 2.00. The van der Waals surface area contributed by atoms with Gasteiger partial charge in [0.2, 0.25) is 0 Å². The van der Waals surface area contributed by atoms with Crippen LogP contribution in [0.4, 0.5) is 5.69 Å². The number of para-hydroxylation sites is 1. The van der Waals surface area contributed by atoms with Crippen LogP contribution in [0.5, 0.6) is 0 Å². The summed E-state index contributed by atoms with van der Waals surface area (Å²) in [6, 6.07) is 15.4. The molecule has 3 heteroatoms. The van der Waals surface area contributed by atoms with Crippen LogP contribution in [0.2, 0.25) is 0 Å². The highest BCUT2D eigenvalue weighted by Crippen LogP contribution is 2.19. The molecule has 0 aliphatic carbocycles. The van der Waals surface area contributed by atoms with Gasteiger partial charge in [-0.2, -0.15) is 0 Å². The molecule has 0 unspecified atom stereocenters. The van der Waals surface area contributed by atoms with Gasteiger partial charge in [0, 0.05) is 5.69 Å². The molecule has 0 spiro atoms. The highest BCUT2D eigenvalue weighted by Gasteiger charge is 2.10. The SMILES string of the molecule is Nc1c(CCCc2ccccc2)cccc1C(=O)O. The lowest BCUT2D eigenvalue weighted by Gasteiger charge is -2.08. The zero-order valence-electron chi connectivity index (χ0n) is 10.7. The Labute approximate surface area is 112 Å². The number of benzene rings is 2. The molecule has 0 aliphatic heterocycles. The summed E-state index contributed by atoms with van der Waals surface area (Å²) < 4.78 is 0. The Kier molecular flexibility index (Phi) is 4.18. The maximum absolute atomic E-state index is 11.0. The molecule has 3 N–H and O–H groups in total. The number of carboxylic acids is 1. The highest BCUT2D eigenvalue weighted by atomic mass is 16.4. The highest BCUT2D eigenvalue weighted by molar-refractivity contribution is 5.94. The predicted molar refractivity (Wildman–Crippen MR) is 76.3 cm³/mol. The van der Waals surface area contributed by atoms with E-state index in [0.717, 1.165) is 24.8 Å². The summed E-state index contributed by atoms with van der Waals surface area (Å²) >= 11 is 0.